The van der Waals surface area contributed by atoms with Crippen LogP contribution in [0.25, 0.3) is 0 Å². The number of rotatable bonds is 3. The predicted molar refractivity (Wildman–Crippen MR) is 91.5 cm³/mol. The van der Waals surface area contributed by atoms with E-state index in [4.69, 9.17) is 4.74 Å². The summed E-state index contributed by atoms with van der Waals surface area (Å²) in [6, 6.07) is 6.70. The SMILES string of the molecule is CN(C)CCC1c2cc(I)ccc2OC12CCCCC2. The van der Waals surface area contributed by atoms with E-state index in [0.29, 0.717) is 5.92 Å². The summed E-state index contributed by atoms with van der Waals surface area (Å²) in [4.78, 5) is 2.29. The third-order valence-electron chi connectivity index (χ3n) is 4.86. The summed E-state index contributed by atoms with van der Waals surface area (Å²) in [6.07, 6.45) is 7.69. The number of fused-ring (bicyclic) bond motifs is 1. The van der Waals surface area contributed by atoms with Crippen LogP contribution in [-0.4, -0.2) is 31.1 Å². The van der Waals surface area contributed by atoms with Crippen molar-refractivity contribution in [1.82, 2.24) is 4.90 Å². The first-order valence-electron chi connectivity index (χ1n) is 7.74. The molecule has 1 aromatic carbocycles. The molecule has 0 radical (unpaired) electrons. The molecule has 1 atom stereocenters. The summed E-state index contributed by atoms with van der Waals surface area (Å²) in [6.45, 7) is 1.14. The lowest BCUT2D eigenvalue weighted by Gasteiger charge is -2.38. The van der Waals surface area contributed by atoms with Crippen molar-refractivity contribution in [2.45, 2.75) is 50.0 Å². The van der Waals surface area contributed by atoms with Crippen LogP contribution in [0.3, 0.4) is 0 Å². The highest BCUT2D eigenvalue weighted by molar-refractivity contribution is 14.1. The lowest BCUT2D eigenvalue weighted by atomic mass is 9.73. The average molecular weight is 385 g/mol. The molecule has 1 saturated carbocycles. The summed E-state index contributed by atoms with van der Waals surface area (Å²) in [7, 11) is 4.33. The zero-order chi connectivity index (χ0) is 14.2. The molecule has 0 amide bonds. The monoisotopic (exact) mass is 385 g/mol. The molecule has 1 heterocycles. The number of hydrogen-bond acceptors (Lipinski definition) is 2. The van der Waals surface area contributed by atoms with E-state index in [1.54, 1.807) is 0 Å². The largest absolute Gasteiger partial charge is 0.486 e. The number of halogens is 1. The molecular formula is C17H24INO. The molecule has 0 saturated heterocycles. The highest BCUT2D eigenvalue weighted by Crippen LogP contribution is 2.53. The maximum Gasteiger partial charge on any atom is 0.123 e. The lowest BCUT2D eigenvalue weighted by molar-refractivity contribution is 0.0245. The van der Waals surface area contributed by atoms with Crippen LogP contribution in [0.15, 0.2) is 18.2 Å². The van der Waals surface area contributed by atoms with Crippen LogP contribution in [0.2, 0.25) is 0 Å². The van der Waals surface area contributed by atoms with Crippen LogP contribution in [0.5, 0.6) is 5.75 Å². The third kappa shape index (κ3) is 2.71. The van der Waals surface area contributed by atoms with Gasteiger partial charge in [-0.15, -0.1) is 0 Å². The molecule has 0 bridgehead atoms. The fourth-order valence-corrected chi connectivity index (χ4v) is 4.38. The van der Waals surface area contributed by atoms with Crippen molar-refractivity contribution in [3.63, 3.8) is 0 Å². The normalized spacial score (nSPS) is 23.9. The van der Waals surface area contributed by atoms with Crippen LogP contribution >= 0.6 is 22.6 Å². The number of ether oxygens (including phenoxy) is 1. The molecule has 110 valence electrons. The molecule has 2 nitrogen and oxygen atoms in total. The van der Waals surface area contributed by atoms with Crippen LogP contribution in [0.1, 0.15) is 50.0 Å². The van der Waals surface area contributed by atoms with Crippen molar-refractivity contribution in [1.29, 1.82) is 0 Å². The topological polar surface area (TPSA) is 12.5 Å². The number of nitrogens with zero attached hydrogens (tertiary/aromatic N) is 1. The standard InChI is InChI=1S/C17H24INO/c1-19(2)11-8-15-14-12-13(18)6-7-16(14)20-17(15)9-4-3-5-10-17/h6-7,12,15H,3-5,8-11H2,1-2H3. The first-order chi connectivity index (χ1) is 9.61. The van der Waals surface area contributed by atoms with Gasteiger partial charge in [-0.3, -0.25) is 0 Å². The fraction of sp³-hybridized carbons (Fsp3) is 0.647. The summed E-state index contributed by atoms with van der Waals surface area (Å²) in [5, 5.41) is 0. The minimum Gasteiger partial charge on any atom is -0.486 e. The van der Waals surface area contributed by atoms with Gasteiger partial charge in [-0.1, -0.05) is 6.42 Å². The Morgan fingerprint density at radius 2 is 2.00 bits per heavy atom. The molecule has 3 rings (SSSR count). The fourth-order valence-electron chi connectivity index (χ4n) is 3.86. The van der Waals surface area contributed by atoms with Gasteiger partial charge < -0.3 is 9.64 Å². The van der Waals surface area contributed by atoms with Gasteiger partial charge in [0.25, 0.3) is 0 Å². The van der Waals surface area contributed by atoms with Crippen molar-refractivity contribution in [2.75, 3.05) is 20.6 Å². The van der Waals surface area contributed by atoms with Gasteiger partial charge in [0.2, 0.25) is 0 Å². The summed E-state index contributed by atoms with van der Waals surface area (Å²) < 4.78 is 7.84. The van der Waals surface area contributed by atoms with Crippen LogP contribution in [0, 0.1) is 3.57 Å². The molecule has 1 aliphatic carbocycles. The Morgan fingerprint density at radius 1 is 1.25 bits per heavy atom. The second kappa shape index (κ2) is 5.84. The molecule has 1 aromatic rings. The Hall–Kier alpha value is -0.290. The molecule has 20 heavy (non-hydrogen) atoms. The molecule has 0 N–H and O–H groups in total. The Kier molecular flexibility index (Phi) is 4.27. The van der Waals surface area contributed by atoms with Gasteiger partial charge in [0, 0.05) is 15.1 Å². The molecule has 0 aromatic heterocycles. The zero-order valence-electron chi connectivity index (χ0n) is 12.5. The first kappa shape index (κ1) is 14.6. The lowest BCUT2D eigenvalue weighted by Crippen LogP contribution is -2.41. The Morgan fingerprint density at radius 3 is 2.70 bits per heavy atom. The van der Waals surface area contributed by atoms with E-state index in [0.717, 1.165) is 12.3 Å². The molecule has 2 aliphatic rings. The van der Waals surface area contributed by atoms with E-state index < -0.39 is 0 Å². The van der Waals surface area contributed by atoms with Crippen molar-refractivity contribution >= 4 is 22.6 Å². The quantitative estimate of drug-likeness (QED) is 0.715. The van der Waals surface area contributed by atoms with Crippen LogP contribution in [-0.2, 0) is 0 Å². The van der Waals surface area contributed by atoms with E-state index in [1.807, 2.05) is 0 Å². The van der Waals surface area contributed by atoms with Gasteiger partial charge in [0.05, 0.1) is 0 Å². The zero-order valence-corrected chi connectivity index (χ0v) is 14.7. The smallest absolute Gasteiger partial charge is 0.123 e. The maximum atomic E-state index is 6.51. The van der Waals surface area contributed by atoms with E-state index in [-0.39, 0.29) is 5.60 Å². The second-order valence-electron chi connectivity index (χ2n) is 6.55. The molecule has 3 heteroatoms. The van der Waals surface area contributed by atoms with Crippen molar-refractivity contribution in [3.05, 3.63) is 27.3 Å². The highest BCUT2D eigenvalue weighted by Gasteiger charge is 2.48. The first-order valence-corrected chi connectivity index (χ1v) is 8.82. The molecule has 1 spiro atoms. The summed E-state index contributed by atoms with van der Waals surface area (Å²) in [5.74, 6) is 1.73. The number of benzene rings is 1. The van der Waals surface area contributed by atoms with Crippen molar-refractivity contribution in [3.8, 4) is 5.75 Å². The summed E-state index contributed by atoms with van der Waals surface area (Å²) >= 11 is 2.42. The molecule has 1 fully saturated rings. The van der Waals surface area contributed by atoms with Gasteiger partial charge in [0.15, 0.2) is 0 Å². The van der Waals surface area contributed by atoms with Gasteiger partial charge in [0.1, 0.15) is 11.4 Å². The van der Waals surface area contributed by atoms with E-state index >= 15 is 0 Å². The van der Waals surface area contributed by atoms with E-state index in [1.165, 1.54) is 47.7 Å². The minimum atomic E-state index is 0.0982. The minimum absolute atomic E-state index is 0.0982. The summed E-state index contributed by atoms with van der Waals surface area (Å²) in [5.41, 5.74) is 1.56. The Labute approximate surface area is 136 Å². The molecule has 1 unspecified atom stereocenters. The van der Waals surface area contributed by atoms with Crippen LogP contribution in [0.4, 0.5) is 0 Å². The van der Waals surface area contributed by atoms with Gasteiger partial charge in [-0.05, 0) is 93.5 Å². The maximum absolute atomic E-state index is 6.51. The van der Waals surface area contributed by atoms with Gasteiger partial charge >= 0.3 is 0 Å². The number of hydrogen-bond donors (Lipinski definition) is 0. The van der Waals surface area contributed by atoms with Gasteiger partial charge in [-0.25, -0.2) is 0 Å². The Bertz CT molecular complexity index is 480. The van der Waals surface area contributed by atoms with Crippen molar-refractivity contribution in [2.24, 2.45) is 0 Å². The van der Waals surface area contributed by atoms with Crippen LogP contribution < -0.4 is 4.74 Å². The van der Waals surface area contributed by atoms with E-state index in [9.17, 15) is 0 Å². The molecule has 1 aliphatic heterocycles. The predicted octanol–water partition coefficient (Wildman–Crippen LogP) is 4.42. The van der Waals surface area contributed by atoms with Gasteiger partial charge in [-0.2, -0.15) is 0 Å². The third-order valence-corrected chi connectivity index (χ3v) is 5.53. The average Bonchev–Trinajstić information content (AvgIpc) is 2.70. The van der Waals surface area contributed by atoms with Crippen molar-refractivity contribution < 1.29 is 4.74 Å². The Balaban J connectivity index is 1.92. The highest BCUT2D eigenvalue weighted by atomic mass is 127. The molecular weight excluding hydrogens is 361 g/mol. The second-order valence-corrected chi connectivity index (χ2v) is 7.80. The van der Waals surface area contributed by atoms with E-state index in [2.05, 4.69) is 59.8 Å².